The standard InChI is InChI=1S/C35H65N5O18S3/c1-52-33-31(53-8-2-11-60-13-7-39-22(43)4-5-23(44)40-37)29(50)26(47)20(57-33)16-55-34-32(28(49)25(46)18(14-41)56-34)54-9-3-10-59-12-6-38-21(36)17-61-35-30(51)27(48)24(45)19(15-42)58-35/h18-20,24-35,41-42,45-51H,2-17,37H2,1H3,(H2,36,38)(H,39,43)(H,40,44)/t18?,19?,20?,24-,25+,26+,27?,28-,29-,30-,31?,32?,33-,34-,35-/m0/s1. The van der Waals surface area contributed by atoms with Gasteiger partial charge < -0.3 is 90.2 Å². The summed E-state index contributed by atoms with van der Waals surface area (Å²) in [7, 11) is 1.35. The van der Waals surface area contributed by atoms with Gasteiger partial charge in [0.2, 0.25) is 11.8 Å². The third-order valence-electron chi connectivity index (χ3n) is 9.72. The van der Waals surface area contributed by atoms with Crippen LogP contribution in [-0.2, 0) is 42.7 Å². The smallest absolute Gasteiger partial charge is 0.234 e. The maximum absolute atomic E-state index is 11.8. The summed E-state index contributed by atoms with van der Waals surface area (Å²) in [5.41, 5.74) is 7.04. The van der Waals surface area contributed by atoms with Gasteiger partial charge in [0.05, 0.1) is 25.6 Å². The van der Waals surface area contributed by atoms with Gasteiger partial charge in [0.25, 0.3) is 0 Å². The summed E-state index contributed by atoms with van der Waals surface area (Å²) >= 11 is 4.21. The number of hydrazine groups is 1. The van der Waals surface area contributed by atoms with Crippen molar-refractivity contribution in [2.75, 3.05) is 82.0 Å². The average molecular weight is 940 g/mol. The number of nitrogens with zero attached hydrogens (tertiary/aromatic N) is 1. The number of amidine groups is 1. The zero-order valence-electron chi connectivity index (χ0n) is 34.0. The number of carbonyl (C=O) groups excluding carboxylic acids is 2. The molecule has 15 N–H and O–H groups in total. The van der Waals surface area contributed by atoms with Crippen LogP contribution in [0.25, 0.3) is 0 Å². The van der Waals surface area contributed by atoms with E-state index in [9.17, 15) is 55.5 Å². The Hall–Kier alpha value is -1.22. The molecule has 15 atom stereocenters. The number of hydrogen-bond acceptors (Lipinski definition) is 23. The second-order valence-corrected chi connectivity index (χ2v) is 17.7. The average Bonchev–Trinajstić information content (AvgIpc) is 3.26. The maximum Gasteiger partial charge on any atom is 0.234 e. The number of thioether (sulfide) groups is 3. The Labute approximate surface area is 366 Å². The van der Waals surface area contributed by atoms with E-state index in [1.165, 1.54) is 7.11 Å². The summed E-state index contributed by atoms with van der Waals surface area (Å²) in [4.78, 5) is 27.2. The van der Waals surface area contributed by atoms with Crippen molar-refractivity contribution in [3.8, 4) is 0 Å². The molecule has 0 bridgehead atoms. The second kappa shape index (κ2) is 29.3. The molecule has 2 amide bonds. The second-order valence-electron chi connectivity index (χ2n) is 14.2. The molecule has 3 heterocycles. The van der Waals surface area contributed by atoms with Crippen molar-refractivity contribution in [2.45, 2.75) is 117 Å². The van der Waals surface area contributed by atoms with Crippen LogP contribution in [0.4, 0.5) is 0 Å². The number of aliphatic hydroxyl groups excluding tert-OH is 9. The Morgan fingerprint density at radius 1 is 0.689 bits per heavy atom. The van der Waals surface area contributed by atoms with Gasteiger partial charge in [-0.2, -0.15) is 23.5 Å². The van der Waals surface area contributed by atoms with Crippen LogP contribution >= 0.6 is 35.3 Å². The predicted octanol–water partition coefficient (Wildman–Crippen LogP) is -5.67. The van der Waals surface area contributed by atoms with E-state index in [1.54, 1.807) is 23.5 Å². The highest BCUT2D eigenvalue weighted by molar-refractivity contribution is 8.00. The van der Waals surface area contributed by atoms with Crippen LogP contribution in [-0.4, -0.2) is 237 Å². The van der Waals surface area contributed by atoms with Crippen molar-refractivity contribution in [3.05, 3.63) is 0 Å². The molecule has 0 aliphatic carbocycles. The Morgan fingerprint density at radius 3 is 1.87 bits per heavy atom. The van der Waals surface area contributed by atoms with Crippen molar-refractivity contribution in [1.82, 2.24) is 10.7 Å². The Balaban J connectivity index is 1.36. The Kier molecular flexibility index (Phi) is 26.0. The molecule has 61 heavy (non-hydrogen) atoms. The summed E-state index contributed by atoms with van der Waals surface area (Å²) in [6.45, 7) is -0.360. The number of aliphatic imine (C=N–C) groups is 1. The van der Waals surface area contributed by atoms with E-state index >= 15 is 0 Å². The van der Waals surface area contributed by atoms with Crippen molar-refractivity contribution in [2.24, 2.45) is 16.6 Å². The lowest BCUT2D eigenvalue weighted by molar-refractivity contribution is -0.335. The zero-order valence-corrected chi connectivity index (χ0v) is 36.4. The van der Waals surface area contributed by atoms with Crippen LogP contribution < -0.4 is 22.3 Å². The molecule has 3 aliphatic rings. The van der Waals surface area contributed by atoms with Crippen LogP contribution in [0.2, 0.25) is 0 Å². The van der Waals surface area contributed by atoms with Crippen molar-refractivity contribution in [1.29, 1.82) is 0 Å². The summed E-state index contributed by atoms with van der Waals surface area (Å²) in [6, 6.07) is 0. The van der Waals surface area contributed by atoms with Gasteiger partial charge in [0, 0.05) is 57.8 Å². The zero-order chi connectivity index (χ0) is 44.9. The molecule has 0 spiro atoms. The third kappa shape index (κ3) is 17.6. The van der Waals surface area contributed by atoms with Gasteiger partial charge in [0.1, 0.15) is 84.5 Å². The van der Waals surface area contributed by atoms with Gasteiger partial charge in [-0.25, -0.2) is 5.84 Å². The van der Waals surface area contributed by atoms with Crippen LogP contribution in [0, 0.1) is 0 Å². The van der Waals surface area contributed by atoms with Gasteiger partial charge in [0.15, 0.2) is 12.6 Å². The first-order valence-corrected chi connectivity index (χ1v) is 23.3. The van der Waals surface area contributed by atoms with Crippen LogP contribution in [0.3, 0.4) is 0 Å². The molecule has 26 heteroatoms. The number of nitrogens with two attached hydrogens (primary N) is 2. The molecule has 0 aromatic rings. The monoisotopic (exact) mass is 939 g/mol. The minimum atomic E-state index is -1.50. The number of aliphatic hydroxyl groups is 9. The molecule has 3 aliphatic heterocycles. The molecule has 356 valence electrons. The fraction of sp³-hybridized carbons (Fsp3) is 0.914. The molecule has 0 radical (unpaired) electrons. The molecular formula is C35H65N5O18S3. The summed E-state index contributed by atoms with van der Waals surface area (Å²) in [5, 5.41) is 95.2. The highest BCUT2D eigenvalue weighted by atomic mass is 32.2. The highest BCUT2D eigenvalue weighted by Crippen LogP contribution is 2.30. The predicted molar refractivity (Wildman–Crippen MR) is 222 cm³/mol. The Morgan fingerprint density at radius 2 is 1.25 bits per heavy atom. The largest absolute Gasteiger partial charge is 0.394 e. The first-order chi connectivity index (χ1) is 29.3. The van der Waals surface area contributed by atoms with E-state index in [2.05, 4.69) is 10.3 Å². The molecule has 3 saturated heterocycles. The first-order valence-electron chi connectivity index (χ1n) is 19.9. The molecular weight excluding hydrogens is 875 g/mol. The molecule has 0 aromatic carbocycles. The minimum absolute atomic E-state index is 0.00409. The molecule has 3 fully saturated rings. The number of carbonyl (C=O) groups is 2. The topological polar surface area (TPSA) is 369 Å². The maximum atomic E-state index is 11.8. The summed E-state index contributed by atoms with van der Waals surface area (Å²) in [5.74, 6) is 7.33. The van der Waals surface area contributed by atoms with Gasteiger partial charge >= 0.3 is 0 Å². The van der Waals surface area contributed by atoms with E-state index in [-0.39, 0.29) is 50.2 Å². The molecule has 3 rings (SSSR count). The molecule has 6 unspecified atom stereocenters. The van der Waals surface area contributed by atoms with Crippen LogP contribution in [0.1, 0.15) is 25.7 Å². The molecule has 0 saturated carbocycles. The van der Waals surface area contributed by atoms with E-state index in [4.69, 9.17) is 44.7 Å². The summed E-state index contributed by atoms with van der Waals surface area (Å²) in [6.07, 6.45) is -17.0. The Bertz CT molecular complexity index is 1290. The van der Waals surface area contributed by atoms with Gasteiger partial charge in [-0.15, -0.1) is 11.8 Å². The lowest BCUT2D eigenvalue weighted by atomic mass is 9.98. The van der Waals surface area contributed by atoms with Crippen LogP contribution in [0.5, 0.6) is 0 Å². The highest BCUT2D eigenvalue weighted by Gasteiger charge is 2.49. The quantitative estimate of drug-likeness (QED) is 0.00868. The summed E-state index contributed by atoms with van der Waals surface area (Å²) < 4.78 is 40.0. The number of rotatable bonds is 28. The van der Waals surface area contributed by atoms with E-state index in [0.717, 1.165) is 11.8 Å². The lowest BCUT2D eigenvalue weighted by Gasteiger charge is -2.44. The SMILES string of the molecule is CO[C@H]1OC(CO[C@H]2OC(CO)[C@@H](O)[C@H](O)C2OCCCSCCN=C(N)CS[C@@H]2OC(CO)[C@H](O)C(O)[C@@H]2O)[C@@H](O)[C@H](O)C1OCCCSCCNC(=O)CCC(=O)NN. The van der Waals surface area contributed by atoms with E-state index in [1.807, 2.05) is 5.43 Å². The van der Waals surface area contributed by atoms with Crippen LogP contribution in [0.15, 0.2) is 4.99 Å². The fourth-order valence-electron chi connectivity index (χ4n) is 6.25. The van der Waals surface area contributed by atoms with Crippen molar-refractivity contribution >= 4 is 52.9 Å². The number of hydrogen-bond donors (Lipinski definition) is 13. The van der Waals surface area contributed by atoms with Gasteiger partial charge in [-0.1, -0.05) is 0 Å². The van der Waals surface area contributed by atoms with E-state index < -0.39 is 110 Å². The number of methoxy groups -OCH3 is 1. The first kappa shape index (κ1) is 54.1. The van der Waals surface area contributed by atoms with Crippen molar-refractivity contribution < 1.29 is 88.7 Å². The molecule has 23 nitrogen and oxygen atoms in total. The normalized spacial score (nSPS) is 34.6. The van der Waals surface area contributed by atoms with Gasteiger partial charge in [-0.05, 0) is 24.3 Å². The lowest BCUT2D eigenvalue weighted by Crippen LogP contribution is -2.62. The van der Waals surface area contributed by atoms with Crippen molar-refractivity contribution in [3.63, 3.8) is 0 Å². The minimum Gasteiger partial charge on any atom is -0.394 e. The fourth-order valence-corrected chi connectivity index (χ4v) is 8.78. The van der Waals surface area contributed by atoms with E-state index in [0.29, 0.717) is 48.9 Å². The molecule has 0 aromatic heterocycles. The number of amides is 2. The third-order valence-corrected chi connectivity index (χ3v) is 13.0. The van der Waals surface area contributed by atoms with Gasteiger partial charge in [-0.3, -0.25) is 20.0 Å². The number of ether oxygens (including phenoxy) is 7. The number of nitrogens with one attached hydrogen (secondary N) is 2.